The molecule has 0 saturated carbocycles. The van der Waals surface area contributed by atoms with E-state index in [1.165, 1.54) is 0 Å². The van der Waals surface area contributed by atoms with Crippen LogP contribution < -0.4 is 5.32 Å². The number of carboxylic acid groups (broad SMARTS) is 1. The first-order valence-electron chi connectivity index (χ1n) is 5.70. The molecule has 1 aromatic heterocycles. The molecule has 0 amide bonds. The summed E-state index contributed by atoms with van der Waals surface area (Å²) in [6.07, 6.45) is 2.29. The molecule has 1 unspecified atom stereocenters. The molecule has 1 atom stereocenters. The third-order valence-electron chi connectivity index (χ3n) is 2.59. The molecule has 0 aliphatic rings. The molecule has 0 saturated heterocycles. The lowest BCUT2D eigenvalue weighted by Crippen LogP contribution is -2.28. The van der Waals surface area contributed by atoms with E-state index in [1.807, 2.05) is 36.6 Å². The monoisotopic (exact) mass is 262 g/mol. The summed E-state index contributed by atoms with van der Waals surface area (Å²) in [7, 11) is 0. The van der Waals surface area contributed by atoms with Crippen molar-refractivity contribution >= 4 is 23.0 Å². The van der Waals surface area contributed by atoms with E-state index in [1.54, 1.807) is 17.5 Å². The molecule has 0 aliphatic carbocycles. The molecular formula is C13H14N2O2S. The van der Waals surface area contributed by atoms with Crippen LogP contribution in [-0.2, 0) is 4.79 Å². The van der Waals surface area contributed by atoms with Crippen molar-refractivity contribution in [1.82, 2.24) is 4.98 Å². The highest BCUT2D eigenvalue weighted by atomic mass is 32.1. The summed E-state index contributed by atoms with van der Waals surface area (Å²) in [6, 6.07) is 7.09. The number of nitrogens with zero attached hydrogens (tertiary/aromatic N) is 1. The fourth-order valence-corrected chi connectivity index (χ4v) is 2.28. The van der Waals surface area contributed by atoms with Gasteiger partial charge in [-0.05, 0) is 18.6 Å². The number of hydrogen-bond donors (Lipinski definition) is 2. The van der Waals surface area contributed by atoms with E-state index in [-0.39, 0.29) is 0 Å². The van der Waals surface area contributed by atoms with Crippen molar-refractivity contribution < 1.29 is 9.90 Å². The van der Waals surface area contributed by atoms with Gasteiger partial charge in [0.15, 0.2) is 0 Å². The number of carboxylic acids is 1. The van der Waals surface area contributed by atoms with Crippen LogP contribution in [0.2, 0.25) is 0 Å². The van der Waals surface area contributed by atoms with Gasteiger partial charge in [0.05, 0.1) is 0 Å². The van der Waals surface area contributed by atoms with Gasteiger partial charge in [-0.2, -0.15) is 0 Å². The minimum Gasteiger partial charge on any atom is -0.480 e. The van der Waals surface area contributed by atoms with Crippen molar-refractivity contribution in [3.8, 4) is 10.6 Å². The summed E-state index contributed by atoms with van der Waals surface area (Å²) in [5, 5.41) is 14.9. The molecular weight excluding hydrogens is 248 g/mol. The second-order valence-electron chi connectivity index (χ2n) is 3.86. The van der Waals surface area contributed by atoms with E-state index in [0.717, 1.165) is 16.3 Å². The first kappa shape index (κ1) is 12.6. The maximum Gasteiger partial charge on any atom is 0.326 e. The second kappa shape index (κ2) is 5.64. The lowest BCUT2D eigenvalue weighted by Gasteiger charge is -2.14. The third-order valence-corrected chi connectivity index (χ3v) is 3.41. The van der Waals surface area contributed by atoms with Gasteiger partial charge >= 0.3 is 5.97 Å². The molecule has 1 aromatic carbocycles. The zero-order chi connectivity index (χ0) is 13.0. The van der Waals surface area contributed by atoms with Crippen LogP contribution in [-0.4, -0.2) is 22.1 Å². The van der Waals surface area contributed by atoms with Gasteiger partial charge in [-0.3, -0.25) is 0 Å². The van der Waals surface area contributed by atoms with Gasteiger partial charge in [0.2, 0.25) is 0 Å². The zero-order valence-corrected chi connectivity index (χ0v) is 10.8. The van der Waals surface area contributed by atoms with Crippen molar-refractivity contribution in [3.05, 3.63) is 35.8 Å². The summed E-state index contributed by atoms with van der Waals surface area (Å²) in [4.78, 5) is 15.2. The lowest BCUT2D eigenvalue weighted by atomic mass is 10.1. The number of rotatable bonds is 5. The molecule has 0 radical (unpaired) electrons. The van der Waals surface area contributed by atoms with E-state index in [0.29, 0.717) is 6.42 Å². The highest BCUT2D eigenvalue weighted by Gasteiger charge is 2.14. The Bertz CT molecular complexity index is 526. The maximum absolute atomic E-state index is 11.0. The van der Waals surface area contributed by atoms with Gasteiger partial charge < -0.3 is 10.4 Å². The Morgan fingerprint density at radius 2 is 2.39 bits per heavy atom. The molecule has 1 heterocycles. The van der Waals surface area contributed by atoms with Gasteiger partial charge in [0.25, 0.3) is 0 Å². The minimum absolute atomic E-state index is 0.539. The number of nitrogens with one attached hydrogen (secondary N) is 1. The van der Waals surface area contributed by atoms with Crippen molar-refractivity contribution in [3.63, 3.8) is 0 Å². The average Bonchev–Trinajstić information content (AvgIpc) is 2.90. The van der Waals surface area contributed by atoms with Gasteiger partial charge in [-0.25, -0.2) is 9.78 Å². The zero-order valence-electron chi connectivity index (χ0n) is 9.96. The number of aromatic nitrogens is 1. The lowest BCUT2D eigenvalue weighted by molar-refractivity contribution is -0.137. The largest absolute Gasteiger partial charge is 0.480 e. The Morgan fingerprint density at radius 3 is 3.00 bits per heavy atom. The summed E-state index contributed by atoms with van der Waals surface area (Å²) < 4.78 is 0. The summed E-state index contributed by atoms with van der Waals surface area (Å²) in [6.45, 7) is 1.84. The van der Waals surface area contributed by atoms with E-state index in [4.69, 9.17) is 5.11 Å². The molecule has 2 aromatic rings. The maximum atomic E-state index is 11.0. The predicted octanol–water partition coefficient (Wildman–Crippen LogP) is 3.09. The average molecular weight is 262 g/mol. The van der Waals surface area contributed by atoms with Gasteiger partial charge in [0, 0.05) is 22.8 Å². The van der Waals surface area contributed by atoms with Crippen LogP contribution in [0.1, 0.15) is 13.3 Å². The fraction of sp³-hybridized carbons (Fsp3) is 0.231. The van der Waals surface area contributed by atoms with Crippen LogP contribution in [0.3, 0.4) is 0 Å². The first-order valence-corrected chi connectivity index (χ1v) is 6.58. The summed E-state index contributed by atoms with van der Waals surface area (Å²) >= 11 is 1.56. The normalized spacial score (nSPS) is 12.1. The Kier molecular flexibility index (Phi) is 3.94. The van der Waals surface area contributed by atoms with E-state index in [9.17, 15) is 4.79 Å². The standard InChI is InChI=1S/C13H14N2O2S/c1-2-11(13(16)17)15-10-5-3-4-9(8-10)12-14-6-7-18-12/h3-8,11,15H,2H2,1H3,(H,16,17). The minimum atomic E-state index is -0.836. The number of benzene rings is 1. The molecule has 0 fully saturated rings. The van der Waals surface area contributed by atoms with Crippen molar-refractivity contribution in [2.75, 3.05) is 5.32 Å². The molecule has 2 N–H and O–H groups in total. The van der Waals surface area contributed by atoms with Gasteiger partial charge in [0.1, 0.15) is 11.0 Å². The first-order chi connectivity index (χ1) is 8.70. The predicted molar refractivity (Wildman–Crippen MR) is 72.9 cm³/mol. The van der Waals surface area contributed by atoms with E-state index in [2.05, 4.69) is 10.3 Å². The highest BCUT2D eigenvalue weighted by Crippen LogP contribution is 2.24. The smallest absolute Gasteiger partial charge is 0.326 e. The Hall–Kier alpha value is -1.88. The van der Waals surface area contributed by atoms with Crippen LogP contribution in [0, 0.1) is 0 Å². The van der Waals surface area contributed by atoms with Crippen molar-refractivity contribution in [2.24, 2.45) is 0 Å². The number of thiazole rings is 1. The molecule has 0 spiro atoms. The molecule has 0 aliphatic heterocycles. The fourth-order valence-electron chi connectivity index (χ4n) is 1.65. The molecule has 5 heteroatoms. The highest BCUT2D eigenvalue weighted by molar-refractivity contribution is 7.13. The van der Waals surface area contributed by atoms with Crippen LogP contribution in [0.25, 0.3) is 10.6 Å². The second-order valence-corrected chi connectivity index (χ2v) is 4.76. The number of anilines is 1. The third kappa shape index (κ3) is 2.87. The van der Waals surface area contributed by atoms with Crippen LogP contribution in [0.5, 0.6) is 0 Å². The summed E-state index contributed by atoms with van der Waals surface area (Å²) in [5.41, 5.74) is 1.80. The van der Waals surface area contributed by atoms with Crippen LogP contribution in [0.4, 0.5) is 5.69 Å². The number of aliphatic carboxylic acids is 1. The number of hydrogen-bond acceptors (Lipinski definition) is 4. The molecule has 94 valence electrons. The Balaban J connectivity index is 2.20. The topological polar surface area (TPSA) is 62.2 Å². The van der Waals surface area contributed by atoms with Gasteiger partial charge in [-0.15, -0.1) is 11.3 Å². The van der Waals surface area contributed by atoms with E-state index >= 15 is 0 Å². The molecule has 2 rings (SSSR count). The summed E-state index contributed by atoms with van der Waals surface area (Å²) in [5.74, 6) is -0.836. The SMILES string of the molecule is CCC(Nc1cccc(-c2nccs2)c1)C(=O)O. The quantitative estimate of drug-likeness (QED) is 0.869. The van der Waals surface area contributed by atoms with E-state index < -0.39 is 12.0 Å². The Morgan fingerprint density at radius 1 is 1.56 bits per heavy atom. The van der Waals surface area contributed by atoms with Crippen LogP contribution in [0.15, 0.2) is 35.8 Å². The number of carbonyl (C=O) groups is 1. The van der Waals surface area contributed by atoms with Crippen molar-refractivity contribution in [2.45, 2.75) is 19.4 Å². The van der Waals surface area contributed by atoms with Gasteiger partial charge in [-0.1, -0.05) is 19.1 Å². The molecule has 18 heavy (non-hydrogen) atoms. The Labute approximate surface area is 109 Å². The molecule has 0 bridgehead atoms. The van der Waals surface area contributed by atoms with Crippen LogP contribution >= 0.6 is 11.3 Å². The van der Waals surface area contributed by atoms with Crippen molar-refractivity contribution in [1.29, 1.82) is 0 Å². The molecule has 4 nitrogen and oxygen atoms in total.